The number of hydrogen-bond acceptors (Lipinski definition) is 2. The quantitative estimate of drug-likeness (QED) is 0.678. The van der Waals surface area contributed by atoms with Gasteiger partial charge in [0.05, 0.1) is 23.7 Å². The highest BCUT2D eigenvalue weighted by Gasteiger charge is 2.45. The minimum atomic E-state index is -0.649. The molecule has 0 amide bonds. The van der Waals surface area contributed by atoms with Crippen molar-refractivity contribution in [3.63, 3.8) is 0 Å². The molecular weight excluding hydrogens is 261 g/mol. The van der Waals surface area contributed by atoms with Crippen molar-refractivity contribution in [3.05, 3.63) is 47.8 Å². The summed E-state index contributed by atoms with van der Waals surface area (Å²) in [6.07, 6.45) is 1.81. The molecule has 0 aliphatic carbocycles. The molecule has 1 unspecified atom stereocenters. The molecule has 1 aromatic rings. The molecule has 1 N–H and O–H groups in total. The van der Waals surface area contributed by atoms with Gasteiger partial charge in [0.15, 0.2) is 0 Å². The van der Waals surface area contributed by atoms with Gasteiger partial charge in [0, 0.05) is 11.5 Å². The zero-order chi connectivity index (χ0) is 14.0. The van der Waals surface area contributed by atoms with Gasteiger partial charge in [-0.05, 0) is 19.9 Å². The fourth-order valence-corrected chi connectivity index (χ4v) is 2.82. The molecule has 102 valence electrons. The largest absolute Gasteiger partial charge is 0.378 e. The second kappa shape index (κ2) is 5.39. The van der Waals surface area contributed by atoms with Gasteiger partial charge in [0.25, 0.3) is 0 Å². The lowest BCUT2D eigenvalue weighted by atomic mass is 9.79. The molecule has 2 nitrogen and oxygen atoms in total. The second-order valence-corrected chi connectivity index (χ2v) is 5.61. The molecule has 1 aromatic carbocycles. The van der Waals surface area contributed by atoms with Crippen LogP contribution in [0.3, 0.4) is 0 Å². The molecule has 0 saturated carbocycles. The van der Waals surface area contributed by atoms with Gasteiger partial charge >= 0.3 is 0 Å². The van der Waals surface area contributed by atoms with Gasteiger partial charge in [-0.3, -0.25) is 0 Å². The molecule has 1 aliphatic rings. The zero-order valence-corrected chi connectivity index (χ0v) is 12.0. The first-order chi connectivity index (χ1) is 8.99. The highest BCUT2D eigenvalue weighted by Crippen LogP contribution is 2.38. The number of ether oxygens (including phenoxy) is 1. The number of aryl methyl sites for hydroxylation is 1. The van der Waals surface area contributed by atoms with E-state index in [9.17, 15) is 4.39 Å². The number of halogens is 1. The average Bonchev–Trinajstić information content (AvgIpc) is 2.75. The first-order valence-electron chi connectivity index (χ1n) is 6.25. The standard InChI is InChI=1S/C15H18FNOS/c1-4-12-8-18-9-15(12,17-11(3)19)13-7-10(2)5-6-14(13)16/h4-7,12H,1,8-9H2,2-3H3,(H,17,19)/t12-,15?/m0/s1. The van der Waals surface area contributed by atoms with Gasteiger partial charge < -0.3 is 10.1 Å². The minimum Gasteiger partial charge on any atom is -0.378 e. The van der Waals surface area contributed by atoms with Crippen LogP contribution in [0.4, 0.5) is 4.39 Å². The molecule has 1 heterocycles. The first-order valence-corrected chi connectivity index (χ1v) is 6.66. The van der Waals surface area contributed by atoms with E-state index in [4.69, 9.17) is 17.0 Å². The van der Waals surface area contributed by atoms with Gasteiger partial charge in [-0.1, -0.05) is 36.0 Å². The molecule has 0 aromatic heterocycles. The summed E-state index contributed by atoms with van der Waals surface area (Å²) in [5.74, 6) is -0.256. The van der Waals surface area contributed by atoms with Gasteiger partial charge in [-0.2, -0.15) is 0 Å². The lowest BCUT2D eigenvalue weighted by Gasteiger charge is -2.35. The van der Waals surface area contributed by atoms with Crippen LogP contribution in [0, 0.1) is 18.7 Å². The van der Waals surface area contributed by atoms with Crippen LogP contribution in [0.25, 0.3) is 0 Å². The third-order valence-corrected chi connectivity index (χ3v) is 3.65. The summed E-state index contributed by atoms with van der Waals surface area (Å²) in [5.41, 5.74) is 0.956. The Bertz CT molecular complexity index is 517. The van der Waals surface area contributed by atoms with Crippen LogP contribution in [0.15, 0.2) is 30.9 Å². The minimum absolute atomic E-state index is 0.0123. The Hall–Kier alpha value is -1.26. The van der Waals surface area contributed by atoms with E-state index >= 15 is 0 Å². The fourth-order valence-electron chi connectivity index (χ4n) is 2.63. The van der Waals surface area contributed by atoms with E-state index in [1.54, 1.807) is 19.1 Å². The Morgan fingerprint density at radius 1 is 1.63 bits per heavy atom. The van der Waals surface area contributed by atoms with Gasteiger partial charge in [0.2, 0.25) is 0 Å². The number of benzene rings is 1. The van der Waals surface area contributed by atoms with E-state index in [1.807, 2.05) is 13.0 Å². The Balaban J connectivity index is 2.57. The summed E-state index contributed by atoms with van der Waals surface area (Å²) in [6, 6.07) is 5.10. The van der Waals surface area contributed by atoms with Crippen LogP contribution >= 0.6 is 12.2 Å². The molecule has 1 aliphatic heterocycles. The van der Waals surface area contributed by atoms with E-state index in [0.717, 1.165) is 5.56 Å². The third-order valence-electron chi connectivity index (χ3n) is 3.55. The van der Waals surface area contributed by atoms with Crippen LogP contribution < -0.4 is 5.32 Å². The maximum Gasteiger partial charge on any atom is 0.128 e. The maximum atomic E-state index is 14.3. The predicted molar refractivity (Wildman–Crippen MR) is 78.7 cm³/mol. The van der Waals surface area contributed by atoms with Gasteiger partial charge in [-0.25, -0.2) is 4.39 Å². The van der Waals surface area contributed by atoms with Crippen molar-refractivity contribution in [2.75, 3.05) is 13.2 Å². The lowest BCUT2D eigenvalue weighted by Crippen LogP contribution is -2.50. The number of rotatable bonds is 3. The maximum absolute atomic E-state index is 14.3. The molecule has 1 saturated heterocycles. The summed E-state index contributed by atoms with van der Waals surface area (Å²) in [6.45, 7) is 8.48. The molecule has 2 rings (SSSR count). The highest BCUT2D eigenvalue weighted by atomic mass is 32.1. The number of nitrogens with one attached hydrogen (secondary N) is 1. The van der Waals surface area contributed by atoms with Crippen molar-refractivity contribution in [1.82, 2.24) is 5.32 Å². The Kier molecular flexibility index (Phi) is 4.02. The van der Waals surface area contributed by atoms with E-state index in [2.05, 4.69) is 11.9 Å². The second-order valence-electron chi connectivity index (χ2n) is 4.99. The molecule has 0 bridgehead atoms. The van der Waals surface area contributed by atoms with Crippen molar-refractivity contribution in [3.8, 4) is 0 Å². The first kappa shape index (κ1) is 14.2. The molecule has 0 radical (unpaired) electrons. The molecular formula is C15H18FNOS. The SMILES string of the molecule is C=C[C@H]1COCC1(NC(C)=S)c1cc(C)ccc1F. The average molecular weight is 279 g/mol. The smallest absolute Gasteiger partial charge is 0.128 e. The molecule has 4 heteroatoms. The monoisotopic (exact) mass is 279 g/mol. The van der Waals surface area contributed by atoms with Gasteiger partial charge in [0.1, 0.15) is 5.82 Å². The highest BCUT2D eigenvalue weighted by molar-refractivity contribution is 7.80. The van der Waals surface area contributed by atoms with E-state index in [1.165, 1.54) is 6.07 Å². The van der Waals surface area contributed by atoms with Gasteiger partial charge in [-0.15, -0.1) is 6.58 Å². The van der Waals surface area contributed by atoms with Crippen molar-refractivity contribution in [2.45, 2.75) is 19.4 Å². The molecule has 2 atom stereocenters. The van der Waals surface area contributed by atoms with Crippen molar-refractivity contribution >= 4 is 17.2 Å². The summed E-state index contributed by atoms with van der Waals surface area (Å²) in [4.78, 5) is 0.623. The number of thiocarbonyl (C=S) groups is 1. The van der Waals surface area contributed by atoms with Crippen LogP contribution in [-0.4, -0.2) is 18.2 Å². The lowest BCUT2D eigenvalue weighted by molar-refractivity contribution is 0.172. The van der Waals surface area contributed by atoms with Crippen LogP contribution in [0.2, 0.25) is 0 Å². The normalized spacial score (nSPS) is 26.2. The Morgan fingerprint density at radius 3 is 3.00 bits per heavy atom. The molecule has 0 spiro atoms. The summed E-state index contributed by atoms with van der Waals surface area (Å²) < 4.78 is 19.8. The summed E-state index contributed by atoms with van der Waals surface area (Å²) in [7, 11) is 0. The van der Waals surface area contributed by atoms with Crippen LogP contribution in [0.5, 0.6) is 0 Å². The molecule has 19 heavy (non-hydrogen) atoms. The summed E-state index contributed by atoms with van der Waals surface area (Å²) >= 11 is 5.16. The number of hydrogen-bond donors (Lipinski definition) is 1. The van der Waals surface area contributed by atoms with E-state index < -0.39 is 5.54 Å². The Morgan fingerprint density at radius 2 is 2.37 bits per heavy atom. The van der Waals surface area contributed by atoms with Crippen LogP contribution in [-0.2, 0) is 10.3 Å². The Labute approximate surface area is 118 Å². The summed E-state index contributed by atoms with van der Waals surface area (Å²) in [5, 5.41) is 3.24. The zero-order valence-electron chi connectivity index (χ0n) is 11.2. The van der Waals surface area contributed by atoms with Crippen molar-refractivity contribution in [1.29, 1.82) is 0 Å². The van der Waals surface area contributed by atoms with E-state index in [0.29, 0.717) is 23.8 Å². The van der Waals surface area contributed by atoms with Crippen molar-refractivity contribution < 1.29 is 9.13 Å². The molecule has 1 fully saturated rings. The van der Waals surface area contributed by atoms with E-state index in [-0.39, 0.29) is 11.7 Å². The van der Waals surface area contributed by atoms with Crippen molar-refractivity contribution in [2.24, 2.45) is 5.92 Å². The topological polar surface area (TPSA) is 21.3 Å². The predicted octanol–water partition coefficient (Wildman–Crippen LogP) is 3.10. The van der Waals surface area contributed by atoms with Crippen LogP contribution in [0.1, 0.15) is 18.1 Å². The fraction of sp³-hybridized carbons (Fsp3) is 0.400. The third kappa shape index (κ3) is 2.55.